The lowest BCUT2D eigenvalue weighted by molar-refractivity contribution is 0.310. The van der Waals surface area contributed by atoms with Crippen molar-refractivity contribution in [3.05, 3.63) is 42.5 Å². The number of benzene rings is 2. The number of aromatic nitrogens is 2. The lowest BCUT2D eigenvalue weighted by atomic mass is 10.2. The minimum absolute atomic E-state index is 0.636. The van der Waals surface area contributed by atoms with Gasteiger partial charge in [0.15, 0.2) is 16.8 Å². The minimum atomic E-state index is -1.45. The molecule has 146 valence electrons. The van der Waals surface area contributed by atoms with E-state index in [2.05, 4.69) is 21.2 Å². The number of likely N-dealkylation sites (N-methyl/N-ethyl adjacent to an activating group) is 1. The number of ether oxygens (including phenoxy) is 1. The number of hydrogen-bond donors (Lipinski definition) is 1. The number of piperazine rings is 1. The molecule has 2 aliphatic heterocycles. The van der Waals surface area contributed by atoms with E-state index in [9.17, 15) is 4.21 Å². The number of nitrogens with one attached hydrogen (secondary N) is 1. The van der Waals surface area contributed by atoms with Gasteiger partial charge in [-0.05, 0) is 24.3 Å². The number of hydrogen-bond acceptors (Lipinski definition) is 6. The maximum atomic E-state index is 13.4. The summed E-state index contributed by atoms with van der Waals surface area (Å²) >= 11 is 0. The molecule has 28 heavy (non-hydrogen) atoms. The fourth-order valence-electron chi connectivity index (χ4n) is 3.81. The van der Waals surface area contributed by atoms with Gasteiger partial charge in [0, 0.05) is 44.7 Å². The third-order valence-electron chi connectivity index (χ3n) is 5.34. The summed E-state index contributed by atoms with van der Waals surface area (Å²) in [4.78, 5) is 5.10. The first kappa shape index (κ1) is 17.5. The van der Waals surface area contributed by atoms with Gasteiger partial charge in [0.25, 0.3) is 0 Å². The Morgan fingerprint density at radius 1 is 1.11 bits per heavy atom. The molecule has 7 nitrogen and oxygen atoms in total. The summed E-state index contributed by atoms with van der Waals surface area (Å²) in [5.74, 6) is 1.68. The van der Waals surface area contributed by atoms with Crippen LogP contribution in [0.2, 0.25) is 0 Å². The van der Waals surface area contributed by atoms with Crippen molar-refractivity contribution in [2.45, 2.75) is 4.90 Å². The van der Waals surface area contributed by atoms with Gasteiger partial charge >= 0.3 is 0 Å². The highest BCUT2D eigenvalue weighted by atomic mass is 32.2. The Labute approximate surface area is 166 Å². The molecule has 1 aromatic heterocycles. The van der Waals surface area contributed by atoms with Gasteiger partial charge < -0.3 is 19.9 Å². The van der Waals surface area contributed by atoms with E-state index in [1.165, 1.54) is 0 Å². The zero-order chi connectivity index (χ0) is 19.1. The van der Waals surface area contributed by atoms with Crippen LogP contribution in [0.1, 0.15) is 0 Å². The van der Waals surface area contributed by atoms with E-state index in [1.54, 1.807) is 4.09 Å². The van der Waals surface area contributed by atoms with Crippen LogP contribution >= 0.6 is 0 Å². The molecule has 1 atom stereocenters. The van der Waals surface area contributed by atoms with E-state index >= 15 is 0 Å². The van der Waals surface area contributed by atoms with E-state index in [4.69, 9.17) is 9.84 Å². The number of anilines is 2. The summed E-state index contributed by atoms with van der Waals surface area (Å²) in [6, 6.07) is 13.8. The van der Waals surface area contributed by atoms with Crippen molar-refractivity contribution < 1.29 is 8.95 Å². The maximum Gasteiger partial charge on any atom is 0.174 e. The van der Waals surface area contributed by atoms with Crippen LogP contribution in [0.15, 0.2) is 47.4 Å². The van der Waals surface area contributed by atoms with Gasteiger partial charge in [0.1, 0.15) is 12.4 Å². The van der Waals surface area contributed by atoms with Crippen LogP contribution in [-0.4, -0.2) is 59.8 Å². The molecule has 0 bridgehead atoms. The molecule has 0 saturated carbocycles. The van der Waals surface area contributed by atoms with E-state index in [0.29, 0.717) is 11.5 Å². The van der Waals surface area contributed by atoms with E-state index in [-0.39, 0.29) is 0 Å². The first-order valence-corrected chi connectivity index (χ1v) is 10.7. The third-order valence-corrected chi connectivity index (χ3v) is 6.59. The zero-order valence-electron chi connectivity index (χ0n) is 15.8. The molecule has 3 aromatic rings. The average molecular weight is 398 g/mol. The first-order chi connectivity index (χ1) is 13.7. The first-order valence-electron chi connectivity index (χ1n) is 9.56. The van der Waals surface area contributed by atoms with Crippen LogP contribution in [0, 0.1) is 0 Å². The molecule has 2 aromatic carbocycles. The number of fused-ring (bicyclic) bond motifs is 2. The molecular formula is C20H23N5O2S. The Morgan fingerprint density at radius 2 is 1.93 bits per heavy atom. The maximum absolute atomic E-state index is 13.4. The van der Waals surface area contributed by atoms with Gasteiger partial charge in [-0.2, -0.15) is 4.09 Å². The van der Waals surface area contributed by atoms with Crippen LogP contribution in [0.3, 0.4) is 0 Å². The SMILES string of the molecule is CN1CCOc2cc(S(=O)n3nc(N4CCNCC4)c4ccccc43)ccc21. The summed E-state index contributed by atoms with van der Waals surface area (Å²) in [7, 11) is 0.591. The Balaban J connectivity index is 1.56. The van der Waals surface area contributed by atoms with E-state index < -0.39 is 11.0 Å². The van der Waals surface area contributed by atoms with Crippen molar-refractivity contribution in [3.63, 3.8) is 0 Å². The Hall–Kier alpha value is -2.58. The second-order valence-corrected chi connectivity index (χ2v) is 8.42. The number of para-hydroxylation sites is 1. The highest BCUT2D eigenvalue weighted by molar-refractivity contribution is 7.83. The molecular weight excluding hydrogens is 374 g/mol. The average Bonchev–Trinajstić information content (AvgIpc) is 3.13. The topological polar surface area (TPSA) is 62.6 Å². The van der Waals surface area contributed by atoms with Crippen LogP contribution in [-0.2, 0) is 11.0 Å². The van der Waals surface area contributed by atoms with Crippen LogP contribution in [0.4, 0.5) is 11.5 Å². The molecule has 0 radical (unpaired) electrons. The molecule has 1 saturated heterocycles. The second-order valence-electron chi connectivity index (χ2n) is 7.10. The van der Waals surface area contributed by atoms with Crippen molar-refractivity contribution in [1.29, 1.82) is 0 Å². The largest absolute Gasteiger partial charge is 0.490 e. The summed E-state index contributed by atoms with van der Waals surface area (Å²) < 4.78 is 20.9. The summed E-state index contributed by atoms with van der Waals surface area (Å²) in [5.41, 5.74) is 1.91. The smallest absolute Gasteiger partial charge is 0.174 e. The Morgan fingerprint density at radius 3 is 2.79 bits per heavy atom. The zero-order valence-corrected chi connectivity index (χ0v) is 16.6. The molecule has 0 spiro atoms. The van der Waals surface area contributed by atoms with Gasteiger partial charge in [-0.1, -0.05) is 12.1 Å². The Bertz CT molecular complexity index is 1040. The van der Waals surface area contributed by atoms with Crippen LogP contribution in [0.25, 0.3) is 10.9 Å². The van der Waals surface area contributed by atoms with Gasteiger partial charge in [-0.15, -0.1) is 5.10 Å². The Kier molecular flexibility index (Phi) is 4.44. The molecule has 5 rings (SSSR count). The minimum Gasteiger partial charge on any atom is -0.490 e. The van der Waals surface area contributed by atoms with Gasteiger partial charge in [-0.3, -0.25) is 0 Å². The third kappa shape index (κ3) is 2.93. The number of nitrogens with zero attached hydrogens (tertiary/aromatic N) is 4. The normalized spacial score (nSPS) is 18.0. The fraction of sp³-hybridized carbons (Fsp3) is 0.350. The van der Waals surface area contributed by atoms with Crippen molar-refractivity contribution in [1.82, 2.24) is 14.5 Å². The van der Waals surface area contributed by atoms with Crippen molar-refractivity contribution in [3.8, 4) is 5.75 Å². The monoisotopic (exact) mass is 397 g/mol. The highest BCUT2D eigenvalue weighted by Crippen LogP contribution is 2.34. The number of rotatable bonds is 3. The van der Waals surface area contributed by atoms with Crippen LogP contribution in [0.5, 0.6) is 5.75 Å². The highest BCUT2D eigenvalue weighted by Gasteiger charge is 2.23. The molecule has 2 aliphatic rings. The van der Waals surface area contributed by atoms with Gasteiger partial charge in [-0.25, -0.2) is 4.21 Å². The molecule has 1 unspecified atom stereocenters. The van der Waals surface area contributed by atoms with Gasteiger partial charge in [0.05, 0.1) is 22.6 Å². The molecule has 1 fully saturated rings. The predicted molar refractivity (Wildman–Crippen MR) is 112 cm³/mol. The lowest BCUT2D eigenvalue weighted by Gasteiger charge is -2.28. The molecule has 0 aliphatic carbocycles. The van der Waals surface area contributed by atoms with Crippen molar-refractivity contribution in [2.75, 3.05) is 56.2 Å². The van der Waals surface area contributed by atoms with Crippen molar-refractivity contribution in [2.24, 2.45) is 0 Å². The fourth-order valence-corrected chi connectivity index (χ4v) is 4.89. The summed E-state index contributed by atoms with van der Waals surface area (Å²) in [6.07, 6.45) is 0. The quantitative estimate of drug-likeness (QED) is 0.728. The standard InChI is InChI=1S/C20H23N5O2S/c1-23-12-13-27-19-14-15(6-7-18(19)23)28(26)25-17-5-3-2-4-16(17)20(22-25)24-10-8-21-9-11-24/h2-7,14,21H,8-13H2,1H3. The summed E-state index contributed by atoms with van der Waals surface area (Å²) in [6.45, 7) is 5.14. The molecule has 1 N–H and O–H groups in total. The molecule has 3 heterocycles. The van der Waals surface area contributed by atoms with Crippen molar-refractivity contribution >= 4 is 33.4 Å². The van der Waals surface area contributed by atoms with E-state index in [1.807, 2.05) is 43.4 Å². The predicted octanol–water partition coefficient (Wildman–Crippen LogP) is 1.85. The van der Waals surface area contributed by atoms with Crippen LogP contribution < -0.4 is 19.9 Å². The molecule has 0 amide bonds. The van der Waals surface area contributed by atoms with E-state index in [0.717, 1.165) is 60.9 Å². The second kappa shape index (κ2) is 7.10. The molecule has 8 heteroatoms. The van der Waals surface area contributed by atoms with Gasteiger partial charge in [0.2, 0.25) is 0 Å². The summed E-state index contributed by atoms with van der Waals surface area (Å²) in [5, 5.41) is 9.18. The lowest BCUT2D eigenvalue weighted by Crippen LogP contribution is -2.43.